The molecule has 0 fully saturated rings. The Hall–Kier alpha value is -2.21. The zero-order chi connectivity index (χ0) is 16.3. The number of amides is 1. The zero-order valence-corrected chi connectivity index (χ0v) is 12.3. The fourth-order valence-electron chi connectivity index (χ4n) is 2.03. The van der Waals surface area contributed by atoms with Gasteiger partial charge in [-0.3, -0.25) is 4.79 Å². The summed E-state index contributed by atoms with van der Waals surface area (Å²) < 4.78 is 31.4. The first-order chi connectivity index (χ1) is 10.4. The lowest BCUT2D eigenvalue weighted by Gasteiger charge is -2.20. The van der Waals surface area contributed by atoms with Crippen molar-refractivity contribution in [3.05, 3.63) is 59.1 Å². The highest BCUT2D eigenvalue weighted by Gasteiger charge is 2.21. The molecule has 6 heteroatoms. The van der Waals surface area contributed by atoms with Gasteiger partial charge in [0.2, 0.25) is 0 Å². The molecule has 4 nitrogen and oxygen atoms in total. The van der Waals surface area contributed by atoms with Crippen molar-refractivity contribution in [1.29, 1.82) is 0 Å². The lowest BCUT2D eigenvalue weighted by atomic mass is 10.0. The number of hydrogen-bond acceptors (Lipinski definition) is 3. The van der Waals surface area contributed by atoms with E-state index in [9.17, 15) is 18.7 Å². The molecule has 2 rings (SSSR count). The van der Waals surface area contributed by atoms with Crippen molar-refractivity contribution >= 4 is 5.91 Å². The van der Waals surface area contributed by atoms with Gasteiger partial charge in [-0.05, 0) is 36.8 Å². The molecule has 0 aliphatic carbocycles. The van der Waals surface area contributed by atoms with E-state index in [1.807, 2.05) is 6.92 Å². The number of aryl methyl sites for hydroxylation is 1. The molecule has 1 amide bonds. The Balaban J connectivity index is 2.05. The predicted molar refractivity (Wildman–Crippen MR) is 76.3 cm³/mol. The topological polar surface area (TPSA) is 62.5 Å². The van der Waals surface area contributed by atoms with Crippen LogP contribution in [0, 0.1) is 11.6 Å². The van der Waals surface area contributed by atoms with Gasteiger partial charge < -0.3 is 14.8 Å². The molecule has 0 saturated heterocycles. The van der Waals surface area contributed by atoms with E-state index in [1.54, 1.807) is 19.1 Å². The molecule has 22 heavy (non-hydrogen) atoms. The molecule has 0 spiro atoms. The molecule has 1 heterocycles. The summed E-state index contributed by atoms with van der Waals surface area (Å²) >= 11 is 0. The second kappa shape index (κ2) is 6.70. The number of carbonyl (C=O) groups is 1. The molecular formula is C16H17F2NO3. The highest BCUT2D eigenvalue weighted by molar-refractivity contribution is 5.91. The maximum absolute atomic E-state index is 13.2. The molecule has 0 aliphatic heterocycles. The van der Waals surface area contributed by atoms with Crippen LogP contribution in [0.1, 0.15) is 41.8 Å². The summed E-state index contributed by atoms with van der Waals surface area (Å²) in [6.07, 6.45) is -0.500. The summed E-state index contributed by atoms with van der Waals surface area (Å²) in [5.74, 6) is -1.70. The van der Waals surface area contributed by atoms with Gasteiger partial charge in [0.25, 0.3) is 5.91 Å². The summed E-state index contributed by atoms with van der Waals surface area (Å²) in [4.78, 5) is 12.0. The van der Waals surface area contributed by atoms with Crippen molar-refractivity contribution in [3.63, 3.8) is 0 Å². The van der Waals surface area contributed by atoms with E-state index in [0.717, 1.165) is 12.1 Å². The first-order valence-corrected chi connectivity index (χ1v) is 6.95. The van der Waals surface area contributed by atoms with Gasteiger partial charge in [-0.2, -0.15) is 0 Å². The van der Waals surface area contributed by atoms with Crippen molar-refractivity contribution in [2.45, 2.75) is 32.4 Å². The van der Waals surface area contributed by atoms with Crippen LogP contribution in [0.3, 0.4) is 0 Å². The van der Waals surface area contributed by atoms with Gasteiger partial charge in [-0.1, -0.05) is 13.0 Å². The molecule has 2 unspecified atom stereocenters. The predicted octanol–water partition coefficient (Wildman–Crippen LogP) is 2.97. The lowest BCUT2D eigenvalue weighted by molar-refractivity contribution is 0.0824. The zero-order valence-electron chi connectivity index (χ0n) is 12.3. The van der Waals surface area contributed by atoms with Gasteiger partial charge in [0.05, 0.1) is 12.1 Å². The maximum Gasteiger partial charge on any atom is 0.287 e. The summed E-state index contributed by atoms with van der Waals surface area (Å²) in [5.41, 5.74) is 0.181. The largest absolute Gasteiger partial charge is 0.456 e. The van der Waals surface area contributed by atoms with E-state index in [0.29, 0.717) is 12.2 Å². The molecular weight excluding hydrogens is 292 g/mol. The quantitative estimate of drug-likeness (QED) is 0.892. The van der Waals surface area contributed by atoms with Crippen LogP contribution in [0.5, 0.6) is 0 Å². The number of carbonyl (C=O) groups excluding carboxylic acids is 1. The Morgan fingerprint density at radius 2 is 2.00 bits per heavy atom. The number of aliphatic hydroxyl groups excluding tert-OH is 1. The number of aliphatic hydroxyl groups is 1. The summed E-state index contributed by atoms with van der Waals surface area (Å²) in [6.45, 7) is 3.46. The van der Waals surface area contributed by atoms with Gasteiger partial charge in [0.15, 0.2) is 17.4 Å². The standard InChI is InChI=1S/C16H17F2NO3/c1-3-11-5-7-14(22-11)16(21)19-9(2)15(20)10-4-6-12(17)13(18)8-10/h4-9,15,20H,3H2,1-2H3,(H,19,21). The molecule has 2 N–H and O–H groups in total. The van der Waals surface area contributed by atoms with E-state index < -0.39 is 29.7 Å². The van der Waals surface area contributed by atoms with Crippen molar-refractivity contribution in [3.8, 4) is 0 Å². The van der Waals surface area contributed by atoms with Crippen molar-refractivity contribution in [2.75, 3.05) is 0 Å². The number of halogens is 2. The van der Waals surface area contributed by atoms with Crippen molar-refractivity contribution in [1.82, 2.24) is 5.32 Å². The van der Waals surface area contributed by atoms with Crippen LogP contribution in [0.15, 0.2) is 34.7 Å². The fraction of sp³-hybridized carbons (Fsp3) is 0.312. The molecule has 0 bridgehead atoms. The third kappa shape index (κ3) is 3.51. The van der Waals surface area contributed by atoms with Crippen molar-refractivity contribution < 1.29 is 23.1 Å². The Morgan fingerprint density at radius 1 is 1.27 bits per heavy atom. The molecule has 1 aromatic heterocycles. The van der Waals surface area contributed by atoms with E-state index >= 15 is 0 Å². The Labute approximate surface area is 126 Å². The minimum Gasteiger partial charge on any atom is -0.456 e. The van der Waals surface area contributed by atoms with E-state index in [2.05, 4.69) is 5.32 Å². The van der Waals surface area contributed by atoms with Crippen LogP contribution in [0.25, 0.3) is 0 Å². The first-order valence-electron chi connectivity index (χ1n) is 6.95. The minimum absolute atomic E-state index is 0.140. The lowest BCUT2D eigenvalue weighted by Crippen LogP contribution is -2.36. The Bertz CT molecular complexity index is 669. The van der Waals surface area contributed by atoms with Crippen LogP contribution in [-0.4, -0.2) is 17.1 Å². The molecule has 2 aromatic rings. The Kier molecular flexibility index (Phi) is 4.92. The average Bonchev–Trinajstić information content (AvgIpc) is 2.98. The van der Waals surface area contributed by atoms with Gasteiger partial charge in [0.1, 0.15) is 5.76 Å². The molecule has 0 saturated carbocycles. The van der Waals surface area contributed by atoms with Crippen LogP contribution in [0.2, 0.25) is 0 Å². The Morgan fingerprint density at radius 3 is 2.59 bits per heavy atom. The molecule has 1 aromatic carbocycles. The van der Waals surface area contributed by atoms with Crippen LogP contribution >= 0.6 is 0 Å². The highest BCUT2D eigenvalue weighted by Crippen LogP contribution is 2.20. The van der Waals surface area contributed by atoms with Crippen LogP contribution < -0.4 is 5.32 Å². The minimum atomic E-state index is -1.17. The SMILES string of the molecule is CCc1ccc(C(=O)NC(C)C(O)c2ccc(F)c(F)c2)o1. The number of nitrogens with one attached hydrogen (secondary N) is 1. The second-order valence-corrected chi connectivity index (χ2v) is 5.00. The number of benzene rings is 1. The van der Waals surface area contributed by atoms with Gasteiger partial charge in [0, 0.05) is 6.42 Å². The first kappa shape index (κ1) is 16.2. The van der Waals surface area contributed by atoms with E-state index in [-0.39, 0.29) is 11.3 Å². The molecule has 2 atom stereocenters. The van der Waals surface area contributed by atoms with E-state index in [1.165, 1.54) is 6.07 Å². The normalized spacial score (nSPS) is 13.7. The molecule has 118 valence electrons. The van der Waals surface area contributed by atoms with Gasteiger partial charge in [-0.25, -0.2) is 8.78 Å². The third-order valence-corrected chi connectivity index (χ3v) is 3.35. The van der Waals surface area contributed by atoms with Gasteiger partial charge in [-0.15, -0.1) is 0 Å². The average molecular weight is 309 g/mol. The fourth-order valence-corrected chi connectivity index (χ4v) is 2.03. The molecule has 0 radical (unpaired) electrons. The highest BCUT2D eigenvalue weighted by atomic mass is 19.2. The monoisotopic (exact) mass is 309 g/mol. The number of hydrogen-bond donors (Lipinski definition) is 2. The second-order valence-electron chi connectivity index (χ2n) is 5.00. The third-order valence-electron chi connectivity index (χ3n) is 3.35. The van der Waals surface area contributed by atoms with Gasteiger partial charge >= 0.3 is 0 Å². The van der Waals surface area contributed by atoms with Crippen LogP contribution in [-0.2, 0) is 6.42 Å². The van der Waals surface area contributed by atoms with Crippen LogP contribution in [0.4, 0.5) is 8.78 Å². The summed E-state index contributed by atoms with van der Waals surface area (Å²) in [5, 5.41) is 12.7. The van der Waals surface area contributed by atoms with Crippen molar-refractivity contribution in [2.24, 2.45) is 0 Å². The summed E-state index contributed by atoms with van der Waals surface area (Å²) in [7, 11) is 0. The number of furan rings is 1. The summed E-state index contributed by atoms with van der Waals surface area (Å²) in [6, 6.07) is 5.66. The smallest absolute Gasteiger partial charge is 0.287 e. The molecule has 0 aliphatic rings. The van der Waals surface area contributed by atoms with E-state index in [4.69, 9.17) is 4.42 Å². The maximum atomic E-state index is 13.2. The number of rotatable bonds is 5.